The molecule has 0 radical (unpaired) electrons. The first kappa shape index (κ1) is 9.35. The van der Waals surface area contributed by atoms with E-state index < -0.39 is 0 Å². The lowest BCUT2D eigenvalue weighted by Gasteiger charge is -2.26. The Morgan fingerprint density at radius 1 is 1.50 bits per heavy atom. The van der Waals surface area contributed by atoms with Crippen molar-refractivity contribution in [3.8, 4) is 0 Å². The molecule has 3 rings (SSSR count). The number of hydrogen-bond acceptors (Lipinski definition) is 3. The second kappa shape index (κ2) is 3.61. The van der Waals surface area contributed by atoms with Crippen LogP contribution in [-0.4, -0.2) is 35.4 Å². The molecule has 0 saturated carbocycles. The first-order valence-corrected chi connectivity index (χ1v) is 5.15. The Kier molecular flexibility index (Phi) is 2.11. The van der Waals surface area contributed by atoms with Crippen LogP contribution in [0.25, 0.3) is 10.9 Å². The lowest BCUT2D eigenvalue weighted by molar-refractivity contribution is -0.00346. The van der Waals surface area contributed by atoms with Gasteiger partial charge in [0.25, 0.3) is 5.91 Å². The highest BCUT2D eigenvalue weighted by Gasteiger charge is 2.20. The number of hydrogen-bond donors (Lipinski definition) is 2. The SMILES string of the molecule is O=C(NC1COC1)c1ccc2cn[nH]c2c1. The van der Waals surface area contributed by atoms with Gasteiger partial charge >= 0.3 is 0 Å². The summed E-state index contributed by atoms with van der Waals surface area (Å²) < 4.78 is 5.00. The molecule has 2 N–H and O–H groups in total. The Bertz CT molecular complexity index is 531. The molecule has 1 saturated heterocycles. The van der Waals surface area contributed by atoms with Gasteiger partial charge in [-0.05, 0) is 12.1 Å². The summed E-state index contributed by atoms with van der Waals surface area (Å²) in [6, 6.07) is 5.64. The third-order valence-corrected chi connectivity index (χ3v) is 2.68. The van der Waals surface area contributed by atoms with E-state index in [1.807, 2.05) is 6.07 Å². The van der Waals surface area contributed by atoms with E-state index >= 15 is 0 Å². The summed E-state index contributed by atoms with van der Waals surface area (Å²) in [5, 5.41) is 10.6. The molecule has 1 aromatic carbocycles. The summed E-state index contributed by atoms with van der Waals surface area (Å²) in [5.41, 5.74) is 1.51. The first-order valence-electron chi connectivity index (χ1n) is 5.15. The van der Waals surface area contributed by atoms with Crippen LogP contribution in [0.5, 0.6) is 0 Å². The van der Waals surface area contributed by atoms with Crippen molar-refractivity contribution in [2.75, 3.05) is 13.2 Å². The predicted molar refractivity (Wildman–Crippen MR) is 58.2 cm³/mol. The molecule has 5 heteroatoms. The topological polar surface area (TPSA) is 67.0 Å². The van der Waals surface area contributed by atoms with Crippen LogP contribution in [-0.2, 0) is 4.74 Å². The van der Waals surface area contributed by atoms with Crippen LogP contribution in [0.4, 0.5) is 0 Å². The van der Waals surface area contributed by atoms with Crippen LogP contribution in [0.15, 0.2) is 24.4 Å². The predicted octanol–water partition coefficient (Wildman–Crippen LogP) is 0.691. The summed E-state index contributed by atoms with van der Waals surface area (Å²) in [7, 11) is 0. The van der Waals surface area contributed by atoms with Crippen LogP contribution in [0.2, 0.25) is 0 Å². The zero-order valence-electron chi connectivity index (χ0n) is 8.56. The summed E-state index contributed by atoms with van der Waals surface area (Å²) in [5.74, 6) is -0.0650. The van der Waals surface area contributed by atoms with Gasteiger partial charge in [0.15, 0.2) is 0 Å². The molecule has 1 aromatic heterocycles. The number of nitrogens with one attached hydrogen (secondary N) is 2. The monoisotopic (exact) mass is 217 g/mol. The maximum atomic E-state index is 11.8. The third kappa shape index (κ3) is 1.55. The lowest BCUT2D eigenvalue weighted by atomic mass is 10.1. The molecule has 2 aromatic rings. The molecule has 5 nitrogen and oxygen atoms in total. The number of carbonyl (C=O) groups excluding carboxylic acids is 1. The molecular formula is C11H11N3O2. The molecule has 1 aliphatic rings. The minimum absolute atomic E-state index is 0.0650. The van der Waals surface area contributed by atoms with Gasteiger partial charge < -0.3 is 10.1 Å². The fraction of sp³-hybridized carbons (Fsp3) is 0.273. The van der Waals surface area contributed by atoms with Gasteiger partial charge in [-0.1, -0.05) is 6.07 Å². The number of benzene rings is 1. The van der Waals surface area contributed by atoms with Crippen molar-refractivity contribution < 1.29 is 9.53 Å². The van der Waals surface area contributed by atoms with Gasteiger partial charge in [0.05, 0.1) is 31.0 Å². The highest BCUT2D eigenvalue weighted by Crippen LogP contribution is 2.13. The molecule has 2 heterocycles. The third-order valence-electron chi connectivity index (χ3n) is 2.68. The smallest absolute Gasteiger partial charge is 0.251 e. The maximum Gasteiger partial charge on any atom is 0.251 e. The van der Waals surface area contributed by atoms with E-state index in [4.69, 9.17) is 4.74 Å². The number of fused-ring (bicyclic) bond motifs is 1. The second-order valence-electron chi connectivity index (χ2n) is 3.88. The van der Waals surface area contributed by atoms with Gasteiger partial charge in [-0.2, -0.15) is 5.10 Å². The van der Waals surface area contributed by atoms with Gasteiger partial charge in [-0.15, -0.1) is 0 Å². The number of H-pyrrole nitrogens is 1. The Hall–Kier alpha value is -1.88. The van der Waals surface area contributed by atoms with Crippen molar-refractivity contribution in [1.29, 1.82) is 0 Å². The number of aromatic nitrogens is 2. The number of nitrogens with zero attached hydrogens (tertiary/aromatic N) is 1. The van der Waals surface area contributed by atoms with Crippen LogP contribution in [0, 0.1) is 0 Å². The van der Waals surface area contributed by atoms with Gasteiger partial charge in [0.1, 0.15) is 0 Å². The molecular weight excluding hydrogens is 206 g/mol. The number of carbonyl (C=O) groups is 1. The Balaban J connectivity index is 1.83. The first-order chi connectivity index (χ1) is 7.83. The standard InChI is InChI=1S/C11H11N3O2/c15-11(13-9-5-16-6-9)7-1-2-8-4-12-14-10(8)3-7/h1-4,9H,5-6H2,(H,12,14)(H,13,15). The van der Waals surface area contributed by atoms with E-state index in [-0.39, 0.29) is 11.9 Å². The van der Waals surface area contributed by atoms with Crippen LogP contribution in [0.1, 0.15) is 10.4 Å². The zero-order chi connectivity index (χ0) is 11.0. The molecule has 1 aliphatic heterocycles. The number of ether oxygens (including phenoxy) is 1. The Morgan fingerprint density at radius 3 is 3.12 bits per heavy atom. The van der Waals surface area contributed by atoms with E-state index in [0.29, 0.717) is 18.8 Å². The lowest BCUT2D eigenvalue weighted by Crippen LogP contribution is -2.48. The van der Waals surface area contributed by atoms with Crippen LogP contribution < -0.4 is 5.32 Å². The van der Waals surface area contributed by atoms with E-state index in [1.165, 1.54) is 0 Å². The largest absolute Gasteiger partial charge is 0.377 e. The van der Waals surface area contributed by atoms with Crippen LogP contribution in [0.3, 0.4) is 0 Å². The normalized spacial score (nSPS) is 16.0. The molecule has 82 valence electrons. The Morgan fingerprint density at radius 2 is 2.38 bits per heavy atom. The molecule has 1 fully saturated rings. The zero-order valence-corrected chi connectivity index (χ0v) is 8.56. The maximum absolute atomic E-state index is 11.8. The fourth-order valence-corrected chi connectivity index (χ4v) is 1.67. The number of aromatic amines is 1. The summed E-state index contributed by atoms with van der Waals surface area (Å²) in [6.45, 7) is 1.22. The second-order valence-corrected chi connectivity index (χ2v) is 3.88. The van der Waals surface area contributed by atoms with E-state index in [2.05, 4.69) is 15.5 Å². The van der Waals surface area contributed by atoms with Gasteiger partial charge in [0.2, 0.25) is 0 Å². The molecule has 0 bridgehead atoms. The number of rotatable bonds is 2. The van der Waals surface area contributed by atoms with Crippen molar-refractivity contribution in [1.82, 2.24) is 15.5 Å². The van der Waals surface area contributed by atoms with E-state index in [0.717, 1.165) is 10.9 Å². The molecule has 0 aliphatic carbocycles. The Labute approximate surface area is 91.8 Å². The van der Waals surface area contributed by atoms with Gasteiger partial charge in [-0.3, -0.25) is 9.89 Å². The molecule has 0 unspecified atom stereocenters. The minimum atomic E-state index is -0.0650. The van der Waals surface area contributed by atoms with E-state index in [9.17, 15) is 4.79 Å². The molecule has 16 heavy (non-hydrogen) atoms. The number of amides is 1. The average molecular weight is 217 g/mol. The van der Waals surface area contributed by atoms with E-state index in [1.54, 1.807) is 18.3 Å². The fourth-order valence-electron chi connectivity index (χ4n) is 1.67. The minimum Gasteiger partial charge on any atom is -0.377 e. The van der Waals surface area contributed by atoms with Crippen molar-refractivity contribution in [3.63, 3.8) is 0 Å². The van der Waals surface area contributed by atoms with Crippen molar-refractivity contribution in [2.45, 2.75) is 6.04 Å². The highest BCUT2D eigenvalue weighted by atomic mass is 16.5. The average Bonchev–Trinajstić information content (AvgIpc) is 2.69. The van der Waals surface area contributed by atoms with Gasteiger partial charge in [-0.25, -0.2) is 0 Å². The summed E-state index contributed by atoms with van der Waals surface area (Å²) in [4.78, 5) is 11.8. The molecule has 0 spiro atoms. The van der Waals surface area contributed by atoms with Crippen LogP contribution >= 0.6 is 0 Å². The summed E-state index contributed by atoms with van der Waals surface area (Å²) in [6.07, 6.45) is 1.73. The van der Waals surface area contributed by atoms with Gasteiger partial charge in [0, 0.05) is 10.9 Å². The summed E-state index contributed by atoms with van der Waals surface area (Å²) >= 11 is 0. The van der Waals surface area contributed by atoms with Crippen molar-refractivity contribution >= 4 is 16.8 Å². The van der Waals surface area contributed by atoms with Crippen molar-refractivity contribution in [3.05, 3.63) is 30.0 Å². The van der Waals surface area contributed by atoms with Crippen molar-refractivity contribution in [2.24, 2.45) is 0 Å². The molecule has 0 atom stereocenters. The highest BCUT2D eigenvalue weighted by molar-refractivity contribution is 5.97. The molecule has 1 amide bonds. The quantitative estimate of drug-likeness (QED) is 0.777.